The zero-order chi connectivity index (χ0) is 14.5. The molecule has 1 N–H and O–H groups in total. The summed E-state index contributed by atoms with van der Waals surface area (Å²) in [4.78, 5) is 27.9. The maximum Gasteiger partial charge on any atom is 0.323 e. The first-order valence-corrected chi connectivity index (χ1v) is 7.14. The van der Waals surface area contributed by atoms with Crippen molar-refractivity contribution >= 4 is 23.3 Å². The molecule has 0 saturated heterocycles. The number of hydrogen-bond acceptors (Lipinski definition) is 5. The van der Waals surface area contributed by atoms with E-state index in [1.54, 1.807) is 17.8 Å². The average molecular weight is 285 g/mol. The molecular weight excluding hydrogens is 266 g/mol. The van der Waals surface area contributed by atoms with E-state index in [-0.39, 0.29) is 25.4 Å². The largest absolute Gasteiger partial charge is 0.480 e. The van der Waals surface area contributed by atoms with Crippen molar-refractivity contribution in [1.29, 1.82) is 0 Å². The van der Waals surface area contributed by atoms with Crippen LogP contribution in [0.1, 0.15) is 32.9 Å². The van der Waals surface area contributed by atoms with E-state index >= 15 is 0 Å². The molecule has 1 unspecified atom stereocenters. The molecule has 5 nitrogen and oxygen atoms in total. The number of carboxylic acids is 1. The predicted molar refractivity (Wildman–Crippen MR) is 72.0 cm³/mol. The van der Waals surface area contributed by atoms with Gasteiger partial charge in [-0.1, -0.05) is 13.8 Å². The van der Waals surface area contributed by atoms with Crippen LogP contribution in [0.3, 0.4) is 0 Å². The molecule has 0 fully saturated rings. The molecule has 1 aromatic rings. The van der Waals surface area contributed by atoms with E-state index in [4.69, 9.17) is 4.74 Å². The molecule has 1 heterocycles. The van der Waals surface area contributed by atoms with Gasteiger partial charge in [0.15, 0.2) is 5.41 Å². The summed E-state index contributed by atoms with van der Waals surface area (Å²) in [6, 6.07) is 0. The number of ether oxygens (including phenoxy) is 1. The molecule has 106 valence electrons. The highest BCUT2D eigenvalue weighted by Crippen LogP contribution is 2.33. The number of aromatic nitrogens is 1. The van der Waals surface area contributed by atoms with Crippen LogP contribution in [-0.4, -0.2) is 28.6 Å². The zero-order valence-corrected chi connectivity index (χ0v) is 12.2. The van der Waals surface area contributed by atoms with Crippen LogP contribution < -0.4 is 0 Å². The molecule has 6 heteroatoms. The Morgan fingerprint density at radius 1 is 1.53 bits per heavy atom. The highest BCUT2D eigenvalue weighted by atomic mass is 32.1. The third-order valence-corrected chi connectivity index (χ3v) is 3.43. The number of carboxylic acid groups (broad SMARTS) is 1. The summed E-state index contributed by atoms with van der Waals surface area (Å²) in [5, 5.41) is 11.3. The summed E-state index contributed by atoms with van der Waals surface area (Å²) < 4.78 is 4.97. The Kier molecular flexibility index (Phi) is 5.47. The van der Waals surface area contributed by atoms with Crippen LogP contribution in [0.2, 0.25) is 0 Å². The van der Waals surface area contributed by atoms with Crippen molar-refractivity contribution < 1.29 is 19.4 Å². The van der Waals surface area contributed by atoms with Gasteiger partial charge < -0.3 is 9.84 Å². The van der Waals surface area contributed by atoms with Crippen molar-refractivity contribution in [2.45, 2.75) is 33.6 Å². The molecule has 0 aliphatic carbocycles. The Hall–Kier alpha value is -1.43. The number of hydrogen-bond donors (Lipinski definition) is 1. The fraction of sp³-hybridized carbons (Fsp3) is 0.615. The fourth-order valence-electron chi connectivity index (χ4n) is 2.08. The molecule has 0 saturated carbocycles. The zero-order valence-electron chi connectivity index (χ0n) is 11.4. The fourth-order valence-corrected chi connectivity index (χ4v) is 2.64. The van der Waals surface area contributed by atoms with Gasteiger partial charge in [-0.25, -0.2) is 4.98 Å². The summed E-state index contributed by atoms with van der Waals surface area (Å²) in [6.45, 7) is 5.61. The summed E-state index contributed by atoms with van der Waals surface area (Å²) in [7, 11) is 0. The van der Waals surface area contributed by atoms with Gasteiger partial charge in [0.25, 0.3) is 0 Å². The molecule has 0 aliphatic rings. The van der Waals surface area contributed by atoms with E-state index in [1.165, 1.54) is 11.3 Å². The second kappa shape index (κ2) is 6.65. The minimum absolute atomic E-state index is 0.0686. The molecule has 0 bridgehead atoms. The smallest absolute Gasteiger partial charge is 0.323 e. The maximum absolute atomic E-state index is 12.1. The Labute approximate surface area is 116 Å². The number of thiazole rings is 1. The minimum atomic E-state index is -1.54. The Balaban J connectivity index is 3.10. The highest BCUT2D eigenvalue weighted by Gasteiger charge is 2.48. The predicted octanol–water partition coefficient (Wildman–Crippen LogP) is 2.37. The van der Waals surface area contributed by atoms with Crippen LogP contribution in [0.25, 0.3) is 0 Å². The van der Waals surface area contributed by atoms with Gasteiger partial charge in [-0.05, 0) is 19.3 Å². The minimum Gasteiger partial charge on any atom is -0.480 e. The molecule has 0 amide bonds. The lowest BCUT2D eigenvalue weighted by Crippen LogP contribution is -2.44. The average Bonchev–Trinajstić information content (AvgIpc) is 2.80. The highest BCUT2D eigenvalue weighted by molar-refractivity contribution is 7.07. The van der Waals surface area contributed by atoms with Gasteiger partial charge in [0.1, 0.15) is 0 Å². The number of nitrogens with zero attached hydrogens (tertiary/aromatic N) is 1. The molecule has 1 atom stereocenters. The van der Waals surface area contributed by atoms with E-state index < -0.39 is 17.4 Å². The third-order valence-electron chi connectivity index (χ3n) is 2.80. The molecule has 1 aromatic heterocycles. The van der Waals surface area contributed by atoms with Crippen LogP contribution in [0.5, 0.6) is 0 Å². The first kappa shape index (κ1) is 15.6. The molecule has 0 aromatic carbocycles. The van der Waals surface area contributed by atoms with Crippen LogP contribution in [-0.2, 0) is 20.7 Å². The Morgan fingerprint density at radius 2 is 2.21 bits per heavy atom. The van der Waals surface area contributed by atoms with E-state index in [1.807, 2.05) is 13.8 Å². The number of aliphatic carboxylic acids is 1. The van der Waals surface area contributed by atoms with Gasteiger partial charge in [0, 0.05) is 11.8 Å². The third kappa shape index (κ3) is 3.76. The lowest BCUT2D eigenvalue weighted by Gasteiger charge is -2.28. The van der Waals surface area contributed by atoms with E-state index in [2.05, 4.69) is 4.98 Å². The molecular formula is C13H19NO4S. The van der Waals surface area contributed by atoms with E-state index in [0.717, 1.165) is 0 Å². The SMILES string of the molecule is CCOC(=O)C(Cc1cscn1)(CC(C)C)C(=O)O. The Bertz CT molecular complexity index is 430. The van der Waals surface area contributed by atoms with Gasteiger partial charge in [0.2, 0.25) is 0 Å². The van der Waals surface area contributed by atoms with Crippen molar-refractivity contribution in [2.24, 2.45) is 11.3 Å². The molecule has 1 rings (SSSR count). The number of esters is 1. The lowest BCUT2D eigenvalue weighted by atomic mass is 9.76. The van der Waals surface area contributed by atoms with Crippen LogP contribution >= 0.6 is 11.3 Å². The number of carbonyl (C=O) groups is 2. The van der Waals surface area contributed by atoms with Crippen molar-refractivity contribution in [3.63, 3.8) is 0 Å². The second-order valence-corrected chi connectivity index (χ2v) is 5.58. The quantitative estimate of drug-likeness (QED) is 0.615. The van der Waals surface area contributed by atoms with Crippen molar-refractivity contribution in [1.82, 2.24) is 4.98 Å². The lowest BCUT2D eigenvalue weighted by molar-refractivity contribution is -0.170. The van der Waals surface area contributed by atoms with Gasteiger partial charge in [0.05, 0.1) is 17.8 Å². The molecule has 0 radical (unpaired) electrons. The van der Waals surface area contributed by atoms with Crippen molar-refractivity contribution in [2.75, 3.05) is 6.61 Å². The maximum atomic E-state index is 12.1. The summed E-state index contributed by atoms with van der Waals surface area (Å²) in [5.41, 5.74) is 0.696. The second-order valence-electron chi connectivity index (χ2n) is 4.86. The van der Waals surface area contributed by atoms with Crippen LogP contribution in [0, 0.1) is 11.3 Å². The van der Waals surface area contributed by atoms with Crippen molar-refractivity contribution in [3.8, 4) is 0 Å². The van der Waals surface area contributed by atoms with Gasteiger partial charge in [-0.15, -0.1) is 11.3 Å². The molecule has 0 spiro atoms. The van der Waals surface area contributed by atoms with Crippen LogP contribution in [0.4, 0.5) is 0 Å². The van der Waals surface area contributed by atoms with E-state index in [9.17, 15) is 14.7 Å². The molecule has 19 heavy (non-hydrogen) atoms. The van der Waals surface area contributed by atoms with Gasteiger partial charge in [-0.2, -0.15) is 0 Å². The molecule has 0 aliphatic heterocycles. The monoisotopic (exact) mass is 285 g/mol. The Morgan fingerprint density at radius 3 is 2.63 bits per heavy atom. The number of rotatable bonds is 7. The van der Waals surface area contributed by atoms with Gasteiger partial charge >= 0.3 is 11.9 Å². The normalized spacial score (nSPS) is 14.1. The number of carbonyl (C=O) groups excluding carboxylic acids is 1. The van der Waals surface area contributed by atoms with Crippen LogP contribution in [0.15, 0.2) is 10.9 Å². The summed E-state index contributed by atoms with van der Waals surface area (Å²) in [6.07, 6.45) is 0.307. The van der Waals surface area contributed by atoms with Gasteiger partial charge in [-0.3, -0.25) is 9.59 Å². The standard InChI is InChI=1S/C13H19NO4S/c1-4-18-12(17)13(11(15)16,5-9(2)3)6-10-7-19-8-14-10/h7-9H,4-6H2,1-3H3,(H,15,16). The summed E-state index contributed by atoms with van der Waals surface area (Å²) in [5.74, 6) is -1.75. The first-order valence-electron chi connectivity index (χ1n) is 6.20. The summed E-state index contributed by atoms with van der Waals surface area (Å²) >= 11 is 1.38. The van der Waals surface area contributed by atoms with Crippen molar-refractivity contribution in [3.05, 3.63) is 16.6 Å². The van der Waals surface area contributed by atoms with E-state index in [0.29, 0.717) is 5.69 Å². The topological polar surface area (TPSA) is 76.5 Å². The first-order chi connectivity index (χ1) is 8.92.